The second-order valence-corrected chi connectivity index (χ2v) is 18.6. The first kappa shape index (κ1) is 62.3. The quantitative estimate of drug-likeness (QED) is 0.0351. The third kappa shape index (κ3) is 44.9. The molecule has 0 spiro atoms. The minimum Gasteiger partial charge on any atom is -0.465 e. The summed E-state index contributed by atoms with van der Waals surface area (Å²) in [5.41, 5.74) is 0. The van der Waals surface area contributed by atoms with E-state index in [1.807, 2.05) is 11.9 Å². The molecule has 0 aliphatic rings. The molecule has 12 nitrogen and oxygen atoms in total. The Hall–Kier alpha value is -2.73. The van der Waals surface area contributed by atoms with Crippen LogP contribution in [0.5, 0.6) is 0 Å². The third-order valence-corrected chi connectivity index (χ3v) is 12.0. The molecule has 0 aromatic carbocycles. The number of likely N-dealkylation sites (N-methyl/N-ethyl adjacent to an activating group) is 1. The lowest BCUT2D eigenvalue weighted by molar-refractivity contribution is -0.155. The topological polar surface area (TPSA) is 155 Å². The van der Waals surface area contributed by atoms with E-state index in [0.29, 0.717) is 45.1 Å². The van der Waals surface area contributed by atoms with Crippen LogP contribution in [0.3, 0.4) is 0 Å². The summed E-state index contributed by atoms with van der Waals surface area (Å²) in [7, 11) is 1.92. The number of nitrogens with zero attached hydrogens (tertiary/aromatic N) is 1. The van der Waals surface area contributed by atoms with Crippen molar-refractivity contribution in [1.82, 2.24) is 4.90 Å². The maximum atomic E-state index is 12.9. The smallest absolute Gasteiger partial charge is 0.305 e. The van der Waals surface area contributed by atoms with Crippen LogP contribution in [0.4, 0.5) is 0 Å². The van der Waals surface area contributed by atoms with Crippen molar-refractivity contribution in [3.63, 3.8) is 0 Å². The molecule has 0 amide bonds. The van der Waals surface area contributed by atoms with E-state index in [9.17, 15) is 24.0 Å². The SMILES string of the molecule is CCCCCCCCCCCCCCCCCC(=O)OCC(COC(=O)CCCCN(C)CCO)COC(=O)CCCC(COC(=O)CCCCCCC)COC(=O)CCCCCCC. The lowest BCUT2D eigenvalue weighted by atomic mass is 10.0. The standard InChI is InChI=1S/C53H99NO11/c1-5-8-11-14-15-16-17-18-19-20-21-22-23-26-29-36-51(58)63-44-48(45-64-52(59)37-30-31-39-54(4)40-41-55)46-65-53(60)38-32-33-47(42-61-49(56)34-27-24-12-9-6-2)43-62-50(57)35-28-25-13-10-7-3/h47-48,55H,5-46H2,1-4H3. The molecule has 0 rings (SSSR count). The first-order valence-electron chi connectivity index (χ1n) is 26.7. The minimum absolute atomic E-state index is 0.0277. The highest BCUT2D eigenvalue weighted by Gasteiger charge is 2.20. The second-order valence-electron chi connectivity index (χ2n) is 18.6. The van der Waals surface area contributed by atoms with E-state index in [1.54, 1.807) is 0 Å². The molecule has 0 aliphatic heterocycles. The van der Waals surface area contributed by atoms with Gasteiger partial charge in [-0.15, -0.1) is 0 Å². The normalized spacial score (nSPS) is 11.8. The van der Waals surface area contributed by atoms with Crippen LogP contribution in [0.15, 0.2) is 0 Å². The molecule has 1 N–H and O–H groups in total. The third-order valence-electron chi connectivity index (χ3n) is 12.0. The maximum Gasteiger partial charge on any atom is 0.305 e. The van der Waals surface area contributed by atoms with Crippen molar-refractivity contribution in [2.45, 2.75) is 239 Å². The monoisotopic (exact) mass is 926 g/mol. The molecule has 0 aromatic heterocycles. The number of rotatable bonds is 49. The molecule has 0 aromatic rings. The molecule has 0 fully saturated rings. The van der Waals surface area contributed by atoms with Crippen LogP contribution in [0.25, 0.3) is 0 Å². The fourth-order valence-electron chi connectivity index (χ4n) is 7.63. The molecule has 0 saturated heterocycles. The van der Waals surface area contributed by atoms with E-state index >= 15 is 0 Å². The summed E-state index contributed by atoms with van der Waals surface area (Å²) in [4.78, 5) is 65.2. The molecule has 0 heterocycles. The maximum absolute atomic E-state index is 12.9. The Morgan fingerprint density at radius 2 is 0.615 bits per heavy atom. The molecular formula is C53H99NO11. The van der Waals surface area contributed by atoms with Crippen LogP contribution in [-0.2, 0) is 47.7 Å². The predicted molar refractivity (Wildman–Crippen MR) is 260 cm³/mol. The summed E-state index contributed by atoms with van der Waals surface area (Å²) >= 11 is 0. The molecule has 0 saturated carbocycles. The highest BCUT2D eigenvalue weighted by molar-refractivity contribution is 5.71. The minimum atomic E-state index is -0.515. The number of hydrogen-bond acceptors (Lipinski definition) is 12. The molecule has 382 valence electrons. The van der Waals surface area contributed by atoms with Gasteiger partial charge in [0.25, 0.3) is 0 Å². The average molecular weight is 926 g/mol. The molecule has 0 radical (unpaired) electrons. The Kier molecular flexibility index (Phi) is 45.7. The van der Waals surface area contributed by atoms with Gasteiger partial charge in [-0.25, -0.2) is 0 Å². The Morgan fingerprint density at radius 1 is 0.354 bits per heavy atom. The Balaban J connectivity index is 4.92. The number of carbonyl (C=O) groups is 5. The predicted octanol–water partition coefficient (Wildman–Crippen LogP) is 12.2. The van der Waals surface area contributed by atoms with Crippen molar-refractivity contribution in [1.29, 1.82) is 0 Å². The summed E-state index contributed by atoms with van der Waals surface area (Å²) in [5, 5.41) is 9.10. The van der Waals surface area contributed by atoms with E-state index in [0.717, 1.165) is 96.4 Å². The zero-order valence-electron chi connectivity index (χ0n) is 42.3. The van der Waals surface area contributed by atoms with E-state index in [1.165, 1.54) is 77.0 Å². The number of hydrogen-bond donors (Lipinski definition) is 1. The van der Waals surface area contributed by atoms with Gasteiger partial charge in [0.2, 0.25) is 0 Å². The number of ether oxygens (including phenoxy) is 5. The van der Waals surface area contributed by atoms with E-state index in [-0.39, 0.29) is 82.3 Å². The van der Waals surface area contributed by atoms with Crippen molar-refractivity contribution in [3.8, 4) is 0 Å². The Morgan fingerprint density at radius 3 is 0.923 bits per heavy atom. The van der Waals surface area contributed by atoms with Gasteiger partial charge in [0.1, 0.15) is 19.8 Å². The molecule has 65 heavy (non-hydrogen) atoms. The molecule has 1 atom stereocenters. The molecular weight excluding hydrogens is 827 g/mol. The lowest BCUT2D eigenvalue weighted by Crippen LogP contribution is -2.26. The van der Waals surface area contributed by atoms with Gasteiger partial charge in [0, 0.05) is 44.6 Å². The molecule has 0 aliphatic carbocycles. The van der Waals surface area contributed by atoms with Gasteiger partial charge in [0.05, 0.1) is 25.7 Å². The van der Waals surface area contributed by atoms with Crippen LogP contribution in [-0.4, -0.2) is 99.6 Å². The van der Waals surface area contributed by atoms with Gasteiger partial charge in [-0.1, -0.05) is 162 Å². The fraction of sp³-hybridized carbons (Fsp3) is 0.906. The van der Waals surface area contributed by atoms with Gasteiger partial charge < -0.3 is 33.7 Å². The van der Waals surface area contributed by atoms with Crippen molar-refractivity contribution in [2.24, 2.45) is 11.8 Å². The van der Waals surface area contributed by atoms with Gasteiger partial charge in [0.15, 0.2) is 0 Å². The Labute approximate surface area is 397 Å². The highest BCUT2D eigenvalue weighted by Crippen LogP contribution is 2.17. The summed E-state index contributed by atoms with van der Waals surface area (Å²) in [5.74, 6) is -2.40. The van der Waals surface area contributed by atoms with Crippen molar-refractivity contribution < 1.29 is 52.8 Å². The zero-order chi connectivity index (χ0) is 47.9. The largest absolute Gasteiger partial charge is 0.465 e. The lowest BCUT2D eigenvalue weighted by Gasteiger charge is -2.19. The van der Waals surface area contributed by atoms with Crippen LogP contribution >= 0.6 is 0 Å². The van der Waals surface area contributed by atoms with Crippen molar-refractivity contribution >= 4 is 29.8 Å². The van der Waals surface area contributed by atoms with Gasteiger partial charge in [-0.05, 0) is 58.5 Å². The van der Waals surface area contributed by atoms with Crippen molar-refractivity contribution in [3.05, 3.63) is 0 Å². The zero-order valence-corrected chi connectivity index (χ0v) is 42.3. The van der Waals surface area contributed by atoms with Crippen LogP contribution < -0.4 is 0 Å². The van der Waals surface area contributed by atoms with E-state index in [4.69, 9.17) is 28.8 Å². The van der Waals surface area contributed by atoms with Crippen LogP contribution in [0.2, 0.25) is 0 Å². The first-order valence-corrected chi connectivity index (χ1v) is 26.7. The number of esters is 5. The number of unbranched alkanes of at least 4 members (excludes halogenated alkanes) is 23. The van der Waals surface area contributed by atoms with Gasteiger partial charge >= 0.3 is 29.8 Å². The summed E-state index contributed by atoms with van der Waals surface area (Å²) in [6, 6.07) is 0. The second kappa shape index (κ2) is 47.8. The summed E-state index contributed by atoms with van der Waals surface area (Å²) in [6.07, 6.45) is 32.7. The van der Waals surface area contributed by atoms with Crippen molar-refractivity contribution in [2.75, 3.05) is 59.8 Å². The number of carbonyl (C=O) groups excluding carboxylic acids is 5. The first-order chi connectivity index (χ1) is 31.6. The molecule has 12 heteroatoms. The number of aliphatic hydroxyl groups is 1. The highest BCUT2D eigenvalue weighted by atomic mass is 16.6. The van der Waals surface area contributed by atoms with Crippen LogP contribution in [0.1, 0.15) is 239 Å². The van der Waals surface area contributed by atoms with Gasteiger partial charge in [-0.2, -0.15) is 0 Å². The van der Waals surface area contributed by atoms with E-state index < -0.39 is 11.9 Å². The number of aliphatic hydroxyl groups excluding tert-OH is 1. The molecule has 1 unspecified atom stereocenters. The summed E-state index contributed by atoms with van der Waals surface area (Å²) < 4.78 is 27.9. The Bertz CT molecular complexity index is 1110. The average Bonchev–Trinajstić information content (AvgIpc) is 3.29. The molecule has 0 bridgehead atoms. The summed E-state index contributed by atoms with van der Waals surface area (Å²) in [6.45, 7) is 8.07. The fourth-order valence-corrected chi connectivity index (χ4v) is 7.63. The van der Waals surface area contributed by atoms with E-state index in [2.05, 4.69) is 20.8 Å². The van der Waals surface area contributed by atoms with Crippen LogP contribution in [0, 0.1) is 11.8 Å². The van der Waals surface area contributed by atoms with Gasteiger partial charge in [-0.3, -0.25) is 24.0 Å².